The first-order valence-corrected chi connectivity index (χ1v) is 6.62. The van der Waals surface area contributed by atoms with Crippen LogP contribution in [0.25, 0.3) is 0 Å². The van der Waals surface area contributed by atoms with Gasteiger partial charge in [-0.3, -0.25) is 4.79 Å². The van der Waals surface area contributed by atoms with E-state index < -0.39 is 11.4 Å². The highest BCUT2D eigenvalue weighted by Gasteiger charge is 2.36. The molecule has 1 aromatic heterocycles. The Morgan fingerprint density at radius 1 is 1.26 bits per heavy atom. The summed E-state index contributed by atoms with van der Waals surface area (Å²) in [7, 11) is 0. The highest BCUT2D eigenvalue weighted by Crippen LogP contribution is 2.29. The number of nitrogens with one attached hydrogen (secondary N) is 1. The molecule has 0 spiro atoms. The van der Waals surface area contributed by atoms with Gasteiger partial charge >= 0.3 is 0 Å². The standard InChI is InChI=1S/C14H15BrN2O2/c1-9-3-5-10(6-4-9)17-14(2,13(16)18)11-7-8-12(15)19-11/h3-8,17H,1-2H3,(H2,16,18). The highest BCUT2D eigenvalue weighted by atomic mass is 79.9. The van der Waals surface area contributed by atoms with Gasteiger partial charge in [-0.05, 0) is 54.0 Å². The zero-order valence-corrected chi connectivity index (χ0v) is 12.3. The number of carbonyl (C=O) groups excluding carboxylic acids is 1. The molecule has 0 aliphatic heterocycles. The molecule has 4 nitrogen and oxygen atoms in total. The van der Waals surface area contributed by atoms with E-state index in [0.29, 0.717) is 10.4 Å². The third-order valence-corrected chi connectivity index (χ3v) is 3.43. The molecule has 0 bridgehead atoms. The summed E-state index contributed by atoms with van der Waals surface area (Å²) in [5, 5.41) is 3.12. The zero-order chi connectivity index (χ0) is 14.0. The van der Waals surface area contributed by atoms with Gasteiger partial charge in [-0.15, -0.1) is 0 Å². The second-order valence-corrected chi connectivity index (χ2v) is 5.37. The van der Waals surface area contributed by atoms with Gasteiger partial charge in [-0.25, -0.2) is 0 Å². The quantitative estimate of drug-likeness (QED) is 0.908. The first kappa shape index (κ1) is 13.7. The third kappa shape index (κ3) is 2.81. The van der Waals surface area contributed by atoms with Gasteiger partial charge in [-0.2, -0.15) is 0 Å². The molecule has 1 heterocycles. The molecule has 0 fully saturated rings. The molecule has 2 rings (SSSR count). The van der Waals surface area contributed by atoms with Gasteiger partial charge in [0.05, 0.1) is 0 Å². The molecular weight excluding hydrogens is 308 g/mol. The van der Waals surface area contributed by atoms with Gasteiger partial charge in [-0.1, -0.05) is 17.7 Å². The summed E-state index contributed by atoms with van der Waals surface area (Å²) >= 11 is 3.22. The number of anilines is 1. The van der Waals surface area contributed by atoms with Crippen LogP contribution in [0.5, 0.6) is 0 Å². The van der Waals surface area contributed by atoms with Crippen LogP contribution in [0.3, 0.4) is 0 Å². The van der Waals surface area contributed by atoms with Crippen molar-refractivity contribution in [1.29, 1.82) is 0 Å². The molecule has 1 amide bonds. The fourth-order valence-electron chi connectivity index (χ4n) is 1.75. The van der Waals surface area contributed by atoms with E-state index in [1.54, 1.807) is 19.1 Å². The molecule has 1 aromatic carbocycles. The first-order valence-electron chi connectivity index (χ1n) is 5.82. The minimum atomic E-state index is -1.10. The highest BCUT2D eigenvalue weighted by molar-refractivity contribution is 9.10. The number of halogens is 1. The molecule has 19 heavy (non-hydrogen) atoms. The number of rotatable bonds is 4. The molecule has 2 aromatic rings. The van der Waals surface area contributed by atoms with E-state index in [9.17, 15) is 4.79 Å². The lowest BCUT2D eigenvalue weighted by Gasteiger charge is -2.26. The summed E-state index contributed by atoms with van der Waals surface area (Å²) in [6, 6.07) is 11.2. The SMILES string of the molecule is Cc1ccc(NC(C)(C(N)=O)c2ccc(Br)o2)cc1. The maximum Gasteiger partial charge on any atom is 0.250 e. The van der Waals surface area contributed by atoms with Crippen molar-refractivity contribution in [2.45, 2.75) is 19.4 Å². The van der Waals surface area contributed by atoms with Crippen molar-refractivity contribution in [3.63, 3.8) is 0 Å². The number of benzene rings is 1. The Labute approximate surface area is 120 Å². The molecule has 5 heteroatoms. The Hall–Kier alpha value is -1.75. The number of hydrogen-bond acceptors (Lipinski definition) is 3. The lowest BCUT2D eigenvalue weighted by Crippen LogP contribution is -2.44. The molecule has 0 aliphatic rings. The van der Waals surface area contributed by atoms with E-state index >= 15 is 0 Å². The molecule has 0 saturated carbocycles. The van der Waals surface area contributed by atoms with E-state index in [1.165, 1.54) is 0 Å². The van der Waals surface area contributed by atoms with Crippen molar-refractivity contribution >= 4 is 27.5 Å². The maximum atomic E-state index is 11.8. The minimum absolute atomic E-state index is 0.465. The number of nitrogens with two attached hydrogens (primary N) is 1. The van der Waals surface area contributed by atoms with Crippen molar-refractivity contribution in [2.24, 2.45) is 5.73 Å². The van der Waals surface area contributed by atoms with Gasteiger partial charge in [0.1, 0.15) is 5.76 Å². The zero-order valence-electron chi connectivity index (χ0n) is 10.7. The summed E-state index contributed by atoms with van der Waals surface area (Å²) in [6.07, 6.45) is 0. The fraction of sp³-hybridized carbons (Fsp3) is 0.214. The number of aryl methyl sites for hydroxylation is 1. The molecule has 100 valence electrons. The predicted octanol–water partition coefficient (Wildman–Crippen LogP) is 3.16. The van der Waals surface area contributed by atoms with Crippen LogP contribution in [0.1, 0.15) is 18.2 Å². The lowest BCUT2D eigenvalue weighted by atomic mass is 9.97. The molecule has 0 saturated heterocycles. The van der Waals surface area contributed by atoms with Crippen LogP contribution < -0.4 is 11.1 Å². The molecule has 0 aliphatic carbocycles. The number of amides is 1. The lowest BCUT2D eigenvalue weighted by molar-refractivity contribution is -0.122. The maximum absolute atomic E-state index is 11.8. The van der Waals surface area contributed by atoms with Crippen LogP contribution in [0.2, 0.25) is 0 Å². The second kappa shape index (κ2) is 5.09. The second-order valence-electron chi connectivity index (χ2n) is 4.58. The Morgan fingerprint density at radius 2 is 1.89 bits per heavy atom. The average molecular weight is 323 g/mol. The van der Waals surface area contributed by atoms with Crippen LogP contribution in [0.15, 0.2) is 45.5 Å². The molecule has 3 N–H and O–H groups in total. The third-order valence-electron chi connectivity index (χ3n) is 3.00. The summed E-state index contributed by atoms with van der Waals surface area (Å²) in [4.78, 5) is 11.8. The monoisotopic (exact) mass is 322 g/mol. The van der Waals surface area contributed by atoms with Crippen molar-refractivity contribution < 1.29 is 9.21 Å². The van der Waals surface area contributed by atoms with Crippen molar-refractivity contribution in [2.75, 3.05) is 5.32 Å². The summed E-state index contributed by atoms with van der Waals surface area (Å²) < 4.78 is 6.02. The number of primary amides is 1. The average Bonchev–Trinajstić information content (AvgIpc) is 2.79. The van der Waals surface area contributed by atoms with Crippen molar-refractivity contribution in [3.8, 4) is 0 Å². The largest absolute Gasteiger partial charge is 0.451 e. The smallest absolute Gasteiger partial charge is 0.250 e. The van der Waals surface area contributed by atoms with Crippen LogP contribution in [0, 0.1) is 6.92 Å². The predicted molar refractivity (Wildman–Crippen MR) is 77.8 cm³/mol. The number of carbonyl (C=O) groups is 1. The van der Waals surface area contributed by atoms with Crippen LogP contribution >= 0.6 is 15.9 Å². The molecule has 1 unspecified atom stereocenters. The van der Waals surface area contributed by atoms with Crippen molar-refractivity contribution in [1.82, 2.24) is 0 Å². The van der Waals surface area contributed by atoms with E-state index in [1.807, 2.05) is 31.2 Å². The van der Waals surface area contributed by atoms with E-state index in [2.05, 4.69) is 21.2 Å². The molecular formula is C14H15BrN2O2. The Kier molecular flexibility index (Phi) is 3.66. The number of furan rings is 1. The topological polar surface area (TPSA) is 68.3 Å². The van der Waals surface area contributed by atoms with Gasteiger partial charge in [0, 0.05) is 5.69 Å². The van der Waals surface area contributed by atoms with Gasteiger partial charge in [0.2, 0.25) is 0 Å². The Balaban J connectivity index is 2.35. The summed E-state index contributed by atoms with van der Waals surface area (Å²) in [5.74, 6) is -0.0395. The van der Waals surface area contributed by atoms with E-state index in [0.717, 1.165) is 11.3 Å². The number of hydrogen-bond donors (Lipinski definition) is 2. The summed E-state index contributed by atoms with van der Waals surface area (Å²) in [6.45, 7) is 3.70. The Bertz CT molecular complexity index is 592. The first-order chi connectivity index (χ1) is 8.91. The fourth-order valence-corrected chi connectivity index (χ4v) is 2.06. The van der Waals surface area contributed by atoms with E-state index in [4.69, 9.17) is 10.2 Å². The van der Waals surface area contributed by atoms with Gasteiger partial charge < -0.3 is 15.5 Å². The van der Waals surface area contributed by atoms with Crippen LogP contribution in [0.4, 0.5) is 5.69 Å². The molecule has 1 atom stereocenters. The van der Waals surface area contributed by atoms with E-state index in [-0.39, 0.29) is 0 Å². The van der Waals surface area contributed by atoms with Gasteiger partial charge in [0.25, 0.3) is 5.91 Å². The van der Waals surface area contributed by atoms with Crippen LogP contribution in [-0.4, -0.2) is 5.91 Å². The normalized spacial score (nSPS) is 13.8. The molecule has 0 radical (unpaired) electrons. The van der Waals surface area contributed by atoms with Gasteiger partial charge in [0.15, 0.2) is 10.2 Å². The summed E-state index contributed by atoms with van der Waals surface area (Å²) in [5.41, 5.74) is 6.37. The minimum Gasteiger partial charge on any atom is -0.451 e. The van der Waals surface area contributed by atoms with Crippen molar-refractivity contribution in [3.05, 3.63) is 52.4 Å². The van der Waals surface area contributed by atoms with Crippen LogP contribution in [-0.2, 0) is 10.3 Å². The Morgan fingerprint density at radius 3 is 2.37 bits per heavy atom.